The highest BCUT2D eigenvalue weighted by Crippen LogP contribution is 2.27. The van der Waals surface area contributed by atoms with E-state index in [0.29, 0.717) is 5.82 Å². The molecule has 0 saturated heterocycles. The Morgan fingerprint density at radius 1 is 1.36 bits per heavy atom. The Hall–Kier alpha value is -1.98. The summed E-state index contributed by atoms with van der Waals surface area (Å²) in [6.45, 7) is 4.43. The average Bonchev–Trinajstić information content (AvgIpc) is 2.88. The van der Waals surface area contributed by atoms with Gasteiger partial charge in [0.15, 0.2) is 0 Å². The summed E-state index contributed by atoms with van der Waals surface area (Å²) in [5.74, 6) is 0.701. The molecule has 0 fully saturated rings. The number of aromatic nitrogens is 2. The molecular weight excluding hydrogens is 294 g/mol. The second-order valence-corrected chi connectivity index (χ2v) is 6.96. The van der Waals surface area contributed by atoms with Crippen molar-refractivity contribution in [3.8, 4) is 0 Å². The number of hydrogen-bond donors (Lipinski definition) is 1. The number of nitrogens with zero attached hydrogens (tertiary/aromatic N) is 2. The minimum atomic E-state index is 0.0315. The molecule has 4 nitrogen and oxygen atoms in total. The summed E-state index contributed by atoms with van der Waals surface area (Å²) >= 11 is 1.85. The molecule has 1 aliphatic rings. The van der Waals surface area contributed by atoms with Gasteiger partial charge in [-0.25, -0.2) is 4.98 Å². The van der Waals surface area contributed by atoms with Gasteiger partial charge in [0.2, 0.25) is 0 Å². The molecule has 4 rings (SSSR count). The van der Waals surface area contributed by atoms with E-state index >= 15 is 0 Å². The number of hydrogen-bond acceptors (Lipinski definition) is 4. The van der Waals surface area contributed by atoms with Crippen LogP contribution < -0.4 is 5.56 Å². The largest absolute Gasteiger partial charge is 0.311 e. The Bertz CT molecular complexity index is 863. The van der Waals surface area contributed by atoms with Crippen molar-refractivity contribution in [1.29, 1.82) is 0 Å². The minimum absolute atomic E-state index is 0.0315. The van der Waals surface area contributed by atoms with Crippen LogP contribution in [0.2, 0.25) is 0 Å². The first kappa shape index (κ1) is 13.7. The molecule has 0 radical (unpaired) electrons. The third kappa shape index (κ3) is 2.46. The zero-order valence-electron chi connectivity index (χ0n) is 12.4. The van der Waals surface area contributed by atoms with Crippen molar-refractivity contribution in [3.63, 3.8) is 0 Å². The van der Waals surface area contributed by atoms with Gasteiger partial charge in [-0.2, -0.15) is 0 Å². The van der Waals surface area contributed by atoms with Gasteiger partial charge >= 0.3 is 0 Å². The van der Waals surface area contributed by atoms with Gasteiger partial charge in [0, 0.05) is 34.8 Å². The van der Waals surface area contributed by atoms with Crippen LogP contribution in [0.15, 0.2) is 35.1 Å². The minimum Gasteiger partial charge on any atom is -0.311 e. The summed E-state index contributed by atoms with van der Waals surface area (Å²) in [5.41, 5.74) is 1.83. The van der Waals surface area contributed by atoms with E-state index < -0.39 is 0 Å². The predicted octanol–water partition coefficient (Wildman–Crippen LogP) is 2.85. The van der Waals surface area contributed by atoms with Crippen LogP contribution in [-0.2, 0) is 19.5 Å². The molecule has 0 atom stereocenters. The van der Waals surface area contributed by atoms with Crippen molar-refractivity contribution in [2.75, 3.05) is 6.54 Å². The molecule has 1 N–H and O–H groups in total. The van der Waals surface area contributed by atoms with E-state index in [1.807, 2.05) is 18.3 Å². The second kappa shape index (κ2) is 5.34. The van der Waals surface area contributed by atoms with Crippen LogP contribution in [-0.4, -0.2) is 21.4 Å². The van der Waals surface area contributed by atoms with Crippen LogP contribution in [0.5, 0.6) is 0 Å². The van der Waals surface area contributed by atoms with Crippen LogP contribution >= 0.6 is 11.3 Å². The van der Waals surface area contributed by atoms with Gasteiger partial charge < -0.3 is 4.98 Å². The first-order valence-corrected chi connectivity index (χ1v) is 8.29. The van der Waals surface area contributed by atoms with Gasteiger partial charge in [-0.15, -0.1) is 11.3 Å². The molecule has 1 aliphatic heterocycles. The number of nitrogens with one attached hydrogen (secondary N) is 1. The Balaban J connectivity index is 1.58. The molecule has 0 saturated carbocycles. The number of aromatic amines is 1. The van der Waals surface area contributed by atoms with E-state index in [4.69, 9.17) is 0 Å². The number of benzene rings is 1. The van der Waals surface area contributed by atoms with E-state index in [1.54, 1.807) is 0 Å². The maximum absolute atomic E-state index is 12.0. The van der Waals surface area contributed by atoms with Crippen molar-refractivity contribution < 1.29 is 0 Å². The van der Waals surface area contributed by atoms with Crippen molar-refractivity contribution in [2.45, 2.75) is 26.4 Å². The molecule has 0 aliphatic carbocycles. The van der Waals surface area contributed by atoms with Gasteiger partial charge in [0.25, 0.3) is 5.56 Å². The monoisotopic (exact) mass is 311 g/mol. The normalized spacial score (nSPS) is 15.1. The van der Waals surface area contributed by atoms with Crippen LogP contribution in [0.25, 0.3) is 10.1 Å². The Morgan fingerprint density at radius 2 is 2.23 bits per heavy atom. The summed E-state index contributed by atoms with van der Waals surface area (Å²) in [5, 5.41) is 1.31. The Labute approximate surface area is 132 Å². The van der Waals surface area contributed by atoms with E-state index in [2.05, 4.69) is 45.2 Å². The molecule has 2 aromatic heterocycles. The Morgan fingerprint density at radius 3 is 3.09 bits per heavy atom. The number of H-pyrrole nitrogens is 1. The zero-order chi connectivity index (χ0) is 15.1. The van der Waals surface area contributed by atoms with Crippen LogP contribution in [0, 0.1) is 6.92 Å². The third-order valence-electron chi connectivity index (χ3n) is 4.13. The molecule has 22 heavy (non-hydrogen) atoms. The number of rotatable bonds is 2. The lowest BCUT2D eigenvalue weighted by Gasteiger charge is -2.27. The lowest BCUT2D eigenvalue weighted by Crippen LogP contribution is -2.35. The molecule has 3 aromatic rings. The molecule has 112 valence electrons. The van der Waals surface area contributed by atoms with Gasteiger partial charge in [-0.1, -0.05) is 18.2 Å². The maximum Gasteiger partial charge on any atom is 0.254 e. The number of fused-ring (bicyclic) bond motifs is 2. The highest BCUT2D eigenvalue weighted by Gasteiger charge is 2.21. The van der Waals surface area contributed by atoms with E-state index in [1.165, 1.54) is 15.0 Å². The van der Waals surface area contributed by atoms with E-state index in [9.17, 15) is 4.79 Å². The third-order valence-corrected chi connectivity index (χ3v) is 5.23. The number of aryl methyl sites for hydroxylation is 1. The summed E-state index contributed by atoms with van der Waals surface area (Å²) in [4.78, 5) is 23.0. The maximum atomic E-state index is 12.0. The standard InChI is InChI=1S/C17H17N3OS/c1-11-18-15-10-20(7-6-14(15)17(21)19-11)9-13-8-12-4-2-3-5-16(12)22-13/h2-5,8H,6-7,9-10H2,1H3,(H,18,19,21). The molecule has 0 unspecified atom stereocenters. The summed E-state index contributed by atoms with van der Waals surface area (Å²) in [6.07, 6.45) is 0.781. The van der Waals surface area contributed by atoms with Gasteiger partial charge in [-0.05, 0) is 30.9 Å². The highest BCUT2D eigenvalue weighted by molar-refractivity contribution is 7.19. The summed E-state index contributed by atoms with van der Waals surface area (Å²) in [7, 11) is 0. The van der Waals surface area contributed by atoms with Crippen LogP contribution in [0.1, 0.15) is 22.0 Å². The van der Waals surface area contributed by atoms with Crippen molar-refractivity contribution in [3.05, 3.63) is 62.6 Å². The lowest BCUT2D eigenvalue weighted by molar-refractivity contribution is 0.242. The Kier molecular flexibility index (Phi) is 3.32. The molecule has 0 amide bonds. The fourth-order valence-electron chi connectivity index (χ4n) is 3.09. The van der Waals surface area contributed by atoms with E-state index in [0.717, 1.165) is 37.3 Å². The molecule has 0 bridgehead atoms. The lowest BCUT2D eigenvalue weighted by atomic mass is 10.1. The van der Waals surface area contributed by atoms with E-state index in [-0.39, 0.29) is 5.56 Å². The molecule has 0 spiro atoms. The summed E-state index contributed by atoms with van der Waals surface area (Å²) < 4.78 is 1.33. The fourth-order valence-corrected chi connectivity index (χ4v) is 4.20. The van der Waals surface area contributed by atoms with Crippen molar-refractivity contribution in [2.24, 2.45) is 0 Å². The first-order chi connectivity index (χ1) is 10.7. The van der Waals surface area contributed by atoms with Crippen molar-refractivity contribution in [1.82, 2.24) is 14.9 Å². The zero-order valence-corrected chi connectivity index (χ0v) is 13.2. The van der Waals surface area contributed by atoms with Crippen LogP contribution in [0.4, 0.5) is 0 Å². The van der Waals surface area contributed by atoms with Gasteiger partial charge in [0.05, 0.1) is 5.69 Å². The molecule has 5 heteroatoms. The topological polar surface area (TPSA) is 49.0 Å². The highest BCUT2D eigenvalue weighted by atomic mass is 32.1. The van der Waals surface area contributed by atoms with Gasteiger partial charge in [0.1, 0.15) is 5.82 Å². The van der Waals surface area contributed by atoms with Gasteiger partial charge in [-0.3, -0.25) is 9.69 Å². The molecule has 3 heterocycles. The number of thiophene rings is 1. The molecule has 1 aromatic carbocycles. The second-order valence-electron chi connectivity index (χ2n) is 5.79. The van der Waals surface area contributed by atoms with Crippen LogP contribution in [0.3, 0.4) is 0 Å². The average molecular weight is 311 g/mol. The SMILES string of the molecule is Cc1nc2c(c(=O)[nH]1)CCN(Cc1cc3ccccc3s1)C2. The summed E-state index contributed by atoms with van der Waals surface area (Å²) in [6, 6.07) is 10.8. The fraction of sp³-hybridized carbons (Fsp3) is 0.294. The molecular formula is C17H17N3OS. The van der Waals surface area contributed by atoms with Crippen molar-refractivity contribution >= 4 is 21.4 Å². The smallest absolute Gasteiger partial charge is 0.254 e. The quantitative estimate of drug-likeness (QED) is 0.792. The first-order valence-electron chi connectivity index (χ1n) is 7.47. The predicted molar refractivity (Wildman–Crippen MR) is 89.2 cm³/mol.